The Hall–Kier alpha value is -1.87. The molecule has 2 aromatic carbocycles. The SMILES string of the molecule is CN(C)c1cccc(CNCc2ccc(F)cc2)c1. The van der Waals surface area contributed by atoms with Crippen molar-refractivity contribution in [3.63, 3.8) is 0 Å². The summed E-state index contributed by atoms with van der Waals surface area (Å²) in [5.74, 6) is -0.192. The molecule has 2 rings (SSSR count). The quantitative estimate of drug-likeness (QED) is 0.886. The summed E-state index contributed by atoms with van der Waals surface area (Å²) < 4.78 is 12.8. The van der Waals surface area contributed by atoms with Crippen molar-refractivity contribution in [1.29, 1.82) is 0 Å². The normalized spacial score (nSPS) is 10.5. The molecule has 3 heteroatoms. The molecular formula is C16H19FN2. The minimum atomic E-state index is -0.192. The van der Waals surface area contributed by atoms with Gasteiger partial charge >= 0.3 is 0 Å². The van der Waals surface area contributed by atoms with Gasteiger partial charge in [-0.3, -0.25) is 0 Å². The second kappa shape index (κ2) is 6.34. The minimum absolute atomic E-state index is 0.192. The largest absolute Gasteiger partial charge is 0.378 e. The van der Waals surface area contributed by atoms with Crippen LogP contribution >= 0.6 is 0 Å². The van der Waals surface area contributed by atoms with Gasteiger partial charge in [-0.2, -0.15) is 0 Å². The Balaban J connectivity index is 1.88. The molecule has 0 aliphatic carbocycles. The molecule has 0 aliphatic heterocycles. The van der Waals surface area contributed by atoms with Crippen molar-refractivity contribution >= 4 is 5.69 Å². The highest BCUT2D eigenvalue weighted by molar-refractivity contribution is 5.47. The first kappa shape index (κ1) is 13.6. The second-order valence-electron chi connectivity index (χ2n) is 4.79. The van der Waals surface area contributed by atoms with Crippen LogP contribution < -0.4 is 10.2 Å². The monoisotopic (exact) mass is 258 g/mol. The smallest absolute Gasteiger partial charge is 0.123 e. The van der Waals surface area contributed by atoms with E-state index >= 15 is 0 Å². The van der Waals surface area contributed by atoms with E-state index in [-0.39, 0.29) is 5.82 Å². The zero-order valence-electron chi connectivity index (χ0n) is 11.4. The Labute approximate surface area is 113 Å². The molecule has 100 valence electrons. The molecule has 0 saturated carbocycles. The maximum absolute atomic E-state index is 12.8. The van der Waals surface area contributed by atoms with Gasteiger partial charge in [0.15, 0.2) is 0 Å². The van der Waals surface area contributed by atoms with Crippen molar-refractivity contribution in [2.24, 2.45) is 0 Å². The van der Waals surface area contributed by atoms with Crippen molar-refractivity contribution < 1.29 is 4.39 Å². The zero-order chi connectivity index (χ0) is 13.7. The molecule has 0 unspecified atom stereocenters. The first-order valence-electron chi connectivity index (χ1n) is 6.36. The Bertz CT molecular complexity index is 521. The van der Waals surface area contributed by atoms with Crippen LogP contribution in [0, 0.1) is 5.82 Å². The van der Waals surface area contributed by atoms with Crippen LogP contribution in [0.5, 0.6) is 0 Å². The maximum atomic E-state index is 12.8. The van der Waals surface area contributed by atoms with Crippen LogP contribution in [0.1, 0.15) is 11.1 Å². The van der Waals surface area contributed by atoms with Gasteiger partial charge in [-0.25, -0.2) is 4.39 Å². The number of nitrogens with zero attached hydrogens (tertiary/aromatic N) is 1. The van der Waals surface area contributed by atoms with Crippen LogP contribution in [0.25, 0.3) is 0 Å². The van der Waals surface area contributed by atoms with Gasteiger partial charge in [0, 0.05) is 32.9 Å². The summed E-state index contributed by atoms with van der Waals surface area (Å²) >= 11 is 0. The van der Waals surface area contributed by atoms with Crippen molar-refractivity contribution in [3.05, 3.63) is 65.5 Å². The number of hydrogen-bond acceptors (Lipinski definition) is 2. The third kappa shape index (κ3) is 4.07. The summed E-state index contributed by atoms with van der Waals surface area (Å²) in [4.78, 5) is 2.09. The summed E-state index contributed by atoms with van der Waals surface area (Å²) in [5, 5.41) is 3.36. The Kier molecular flexibility index (Phi) is 4.53. The average Bonchev–Trinajstić information content (AvgIpc) is 2.41. The van der Waals surface area contributed by atoms with Crippen molar-refractivity contribution in [3.8, 4) is 0 Å². The number of benzene rings is 2. The van der Waals surface area contributed by atoms with Crippen LogP contribution in [0.15, 0.2) is 48.5 Å². The second-order valence-corrected chi connectivity index (χ2v) is 4.79. The molecule has 0 saturated heterocycles. The molecule has 2 nitrogen and oxygen atoms in total. The van der Waals surface area contributed by atoms with E-state index in [1.165, 1.54) is 23.4 Å². The first-order chi connectivity index (χ1) is 9.15. The fourth-order valence-corrected chi connectivity index (χ4v) is 1.90. The molecule has 0 atom stereocenters. The molecule has 0 spiro atoms. The standard InChI is InChI=1S/C16H19FN2/c1-19(2)16-5-3-4-14(10-16)12-18-11-13-6-8-15(17)9-7-13/h3-10,18H,11-12H2,1-2H3. The van der Waals surface area contributed by atoms with Crippen LogP contribution in [0.4, 0.5) is 10.1 Å². The molecule has 0 aliphatic rings. The van der Waals surface area contributed by atoms with E-state index in [0.29, 0.717) is 0 Å². The molecule has 0 aromatic heterocycles. The first-order valence-corrected chi connectivity index (χ1v) is 6.36. The third-order valence-corrected chi connectivity index (χ3v) is 3.00. The summed E-state index contributed by atoms with van der Waals surface area (Å²) in [5.41, 5.74) is 3.53. The van der Waals surface area contributed by atoms with E-state index in [2.05, 4.69) is 34.5 Å². The molecule has 0 heterocycles. The van der Waals surface area contributed by atoms with E-state index in [0.717, 1.165) is 18.7 Å². The van der Waals surface area contributed by atoms with Crippen LogP contribution in [0.3, 0.4) is 0 Å². The van der Waals surface area contributed by atoms with Gasteiger partial charge in [0.25, 0.3) is 0 Å². The van der Waals surface area contributed by atoms with Gasteiger partial charge in [0.2, 0.25) is 0 Å². The number of rotatable bonds is 5. The lowest BCUT2D eigenvalue weighted by molar-refractivity contribution is 0.625. The number of halogens is 1. The fourth-order valence-electron chi connectivity index (χ4n) is 1.90. The highest BCUT2D eigenvalue weighted by Gasteiger charge is 1.98. The number of nitrogens with one attached hydrogen (secondary N) is 1. The van der Waals surface area contributed by atoms with Crippen LogP contribution in [0.2, 0.25) is 0 Å². The highest BCUT2D eigenvalue weighted by atomic mass is 19.1. The Morgan fingerprint density at radius 1 is 0.947 bits per heavy atom. The van der Waals surface area contributed by atoms with Gasteiger partial charge in [-0.1, -0.05) is 24.3 Å². The van der Waals surface area contributed by atoms with E-state index in [9.17, 15) is 4.39 Å². The molecule has 1 N–H and O–H groups in total. The zero-order valence-corrected chi connectivity index (χ0v) is 11.4. The number of hydrogen-bond donors (Lipinski definition) is 1. The highest BCUT2D eigenvalue weighted by Crippen LogP contribution is 2.13. The van der Waals surface area contributed by atoms with Crippen molar-refractivity contribution in [1.82, 2.24) is 5.32 Å². The summed E-state index contributed by atoms with van der Waals surface area (Å²) in [7, 11) is 4.07. The molecular weight excluding hydrogens is 239 g/mol. The van der Waals surface area contributed by atoms with Gasteiger partial charge in [0.1, 0.15) is 5.82 Å². The lowest BCUT2D eigenvalue weighted by Gasteiger charge is -2.14. The minimum Gasteiger partial charge on any atom is -0.378 e. The topological polar surface area (TPSA) is 15.3 Å². The molecule has 2 aromatic rings. The molecule has 19 heavy (non-hydrogen) atoms. The fraction of sp³-hybridized carbons (Fsp3) is 0.250. The van der Waals surface area contributed by atoms with Crippen molar-refractivity contribution in [2.75, 3.05) is 19.0 Å². The lowest BCUT2D eigenvalue weighted by Crippen LogP contribution is -2.14. The predicted molar refractivity (Wildman–Crippen MR) is 77.7 cm³/mol. The van der Waals surface area contributed by atoms with Crippen LogP contribution in [-0.4, -0.2) is 14.1 Å². The predicted octanol–water partition coefficient (Wildman–Crippen LogP) is 3.18. The summed E-state index contributed by atoms with van der Waals surface area (Å²) in [6.07, 6.45) is 0. The molecule has 0 radical (unpaired) electrons. The van der Waals surface area contributed by atoms with E-state index in [1.54, 1.807) is 12.1 Å². The lowest BCUT2D eigenvalue weighted by atomic mass is 10.2. The average molecular weight is 258 g/mol. The molecule has 0 bridgehead atoms. The van der Waals surface area contributed by atoms with Gasteiger partial charge in [0.05, 0.1) is 0 Å². The summed E-state index contributed by atoms with van der Waals surface area (Å²) in [6, 6.07) is 15.0. The van der Waals surface area contributed by atoms with Crippen molar-refractivity contribution in [2.45, 2.75) is 13.1 Å². The Morgan fingerprint density at radius 2 is 1.63 bits per heavy atom. The summed E-state index contributed by atoms with van der Waals surface area (Å²) in [6.45, 7) is 1.55. The third-order valence-electron chi connectivity index (χ3n) is 3.00. The molecule has 0 amide bonds. The molecule has 0 fully saturated rings. The van der Waals surface area contributed by atoms with Crippen LogP contribution in [-0.2, 0) is 13.1 Å². The van der Waals surface area contributed by atoms with Gasteiger partial charge in [-0.05, 0) is 35.4 Å². The van der Waals surface area contributed by atoms with E-state index in [1.807, 2.05) is 14.1 Å². The Morgan fingerprint density at radius 3 is 2.32 bits per heavy atom. The van der Waals surface area contributed by atoms with Gasteiger partial charge in [-0.15, -0.1) is 0 Å². The van der Waals surface area contributed by atoms with Gasteiger partial charge < -0.3 is 10.2 Å². The van der Waals surface area contributed by atoms with E-state index in [4.69, 9.17) is 0 Å². The number of anilines is 1. The maximum Gasteiger partial charge on any atom is 0.123 e. The van der Waals surface area contributed by atoms with E-state index < -0.39 is 0 Å².